The van der Waals surface area contributed by atoms with E-state index in [-0.39, 0.29) is 5.82 Å². The molecule has 0 N–H and O–H groups in total. The van der Waals surface area contributed by atoms with Crippen molar-refractivity contribution < 1.29 is 4.39 Å². The van der Waals surface area contributed by atoms with Crippen molar-refractivity contribution in [2.24, 2.45) is 0 Å². The van der Waals surface area contributed by atoms with E-state index in [4.69, 9.17) is 11.6 Å². The van der Waals surface area contributed by atoms with Crippen LogP contribution < -0.4 is 0 Å². The molecular formula is C15H13ClF. The van der Waals surface area contributed by atoms with E-state index < -0.39 is 0 Å². The normalized spacial score (nSPS) is 10.5. The smallest absolute Gasteiger partial charge is 0.126 e. The molecule has 0 saturated heterocycles. The Morgan fingerprint density at radius 2 is 1.65 bits per heavy atom. The molecule has 17 heavy (non-hydrogen) atoms. The van der Waals surface area contributed by atoms with E-state index in [1.54, 1.807) is 6.07 Å². The standard InChI is InChI=1S/C15H13ClF/c1-2-3-13-10-12(6-9-15(13)17)11-4-7-14(16)8-5-11/h4-10H,1-3H2. The van der Waals surface area contributed by atoms with E-state index in [0.717, 1.165) is 11.1 Å². The number of aryl methyl sites for hydroxylation is 1. The molecule has 0 fully saturated rings. The van der Waals surface area contributed by atoms with Crippen LogP contribution in [0.4, 0.5) is 4.39 Å². The Bertz CT molecular complexity index is 503. The second kappa shape index (κ2) is 5.33. The third-order valence-corrected chi connectivity index (χ3v) is 2.92. The van der Waals surface area contributed by atoms with Crippen LogP contribution in [0.2, 0.25) is 5.02 Å². The van der Waals surface area contributed by atoms with Gasteiger partial charge in [0.15, 0.2) is 0 Å². The van der Waals surface area contributed by atoms with Crippen molar-refractivity contribution in [1.82, 2.24) is 0 Å². The van der Waals surface area contributed by atoms with E-state index >= 15 is 0 Å². The molecule has 0 unspecified atom stereocenters. The van der Waals surface area contributed by atoms with Crippen LogP contribution >= 0.6 is 11.6 Å². The van der Waals surface area contributed by atoms with E-state index in [2.05, 4.69) is 6.92 Å². The van der Waals surface area contributed by atoms with Gasteiger partial charge in [0, 0.05) is 5.02 Å². The Labute approximate surface area is 106 Å². The zero-order chi connectivity index (χ0) is 12.3. The summed E-state index contributed by atoms with van der Waals surface area (Å²) in [6.45, 7) is 3.75. The molecule has 0 aliphatic heterocycles. The highest BCUT2D eigenvalue weighted by Crippen LogP contribution is 2.24. The Morgan fingerprint density at radius 1 is 1.00 bits per heavy atom. The summed E-state index contributed by atoms with van der Waals surface area (Å²) in [5.41, 5.74) is 2.76. The fraction of sp³-hybridized carbons (Fsp3) is 0.133. The lowest BCUT2D eigenvalue weighted by Gasteiger charge is -2.06. The Balaban J connectivity index is 2.39. The highest BCUT2D eigenvalue weighted by molar-refractivity contribution is 6.30. The number of hydrogen-bond acceptors (Lipinski definition) is 0. The van der Waals surface area contributed by atoms with Gasteiger partial charge in [-0.1, -0.05) is 36.7 Å². The zero-order valence-corrected chi connectivity index (χ0v) is 10.2. The average molecular weight is 248 g/mol. The topological polar surface area (TPSA) is 0 Å². The molecule has 0 aliphatic carbocycles. The quantitative estimate of drug-likeness (QED) is 0.723. The predicted octanol–water partition coefficient (Wildman–Crippen LogP) is 4.91. The van der Waals surface area contributed by atoms with E-state index in [1.807, 2.05) is 30.3 Å². The molecule has 0 aromatic heterocycles. The summed E-state index contributed by atoms with van der Waals surface area (Å²) in [6.07, 6.45) is 1.36. The van der Waals surface area contributed by atoms with Crippen molar-refractivity contribution in [3.05, 3.63) is 65.8 Å². The highest BCUT2D eigenvalue weighted by Gasteiger charge is 2.04. The van der Waals surface area contributed by atoms with E-state index in [9.17, 15) is 4.39 Å². The summed E-state index contributed by atoms with van der Waals surface area (Å²) in [7, 11) is 0. The number of benzene rings is 2. The summed E-state index contributed by atoms with van der Waals surface area (Å²) < 4.78 is 13.5. The maximum absolute atomic E-state index is 13.5. The third kappa shape index (κ3) is 2.86. The van der Waals surface area contributed by atoms with Gasteiger partial charge in [-0.2, -0.15) is 0 Å². The summed E-state index contributed by atoms with van der Waals surface area (Å²) in [5.74, 6) is -0.161. The van der Waals surface area contributed by atoms with Crippen LogP contribution in [0, 0.1) is 12.7 Å². The van der Waals surface area contributed by atoms with Gasteiger partial charge in [0.1, 0.15) is 5.82 Å². The average Bonchev–Trinajstić information content (AvgIpc) is 2.33. The van der Waals surface area contributed by atoms with Gasteiger partial charge in [-0.05, 0) is 53.8 Å². The first-order valence-electron chi connectivity index (χ1n) is 5.54. The lowest BCUT2D eigenvalue weighted by atomic mass is 10.0. The van der Waals surface area contributed by atoms with Gasteiger partial charge >= 0.3 is 0 Å². The van der Waals surface area contributed by atoms with Crippen LogP contribution in [0.1, 0.15) is 12.0 Å². The monoisotopic (exact) mass is 247 g/mol. The van der Waals surface area contributed by atoms with Crippen LogP contribution in [0.25, 0.3) is 11.1 Å². The first-order chi connectivity index (χ1) is 8.20. The molecule has 0 spiro atoms. The van der Waals surface area contributed by atoms with Crippen molar-refractivity contribution in [2.45, 2.75) is 12.8 Å². The molecule has 2 rings (SSSR count). The molecule has 0 atom stereocenters. The van der Waals surface area contributed by atoms with Crippen LogP contribution in [0.15, 0.2) is 42.5 Å². The summed E-state index contributed by atoms with van der Waals surface area (Å²) >= 11 is 5.84. The SMILES string of the molecule is [CH2]CCc1cc(-c2ccc(Cl)cc2)ccc1F. The first kappa shape index (κ1) is 12.1. The third-order valence-electron chi connectivity index (χ3n) is 2.67. The van der Waals surface area contributed by atoms with Crippen molar-refractivity contribution in [3.8, 4) is 11.1 Å². The Morgan fingerprint density at radius 3 is 2.29 bits per heavy atom. The van der Waals surface area contributed by atoms with Gasteiger partial charge in [0.25, 0.3) is 0 Å². The number of rotatable bonds is 3. The van der Waals surface area contributed by atoms with Crippen molar-refractivity contribution in [1.29, 1.82) is 0 Å². The lowest BCUT2D eigenvalue weighted by molar-refractivity contribution is 0.609. The summed E-state index contributed by atoms with van der Waals surface area (Å²) in [5, 5.41) is 0.703. The lowest BCUT2D eigenvalue weighted by Crippen LogP contribution is -1.90. The van der Waals surface area contributed by atoms with Crippen LogP contribution in [0.5, 0.6) is 0 Å². The van der Waals surface area contributed by atoms with E-state index in [1.165, 1.54) is 6.07 Å². The minimum atomic E-state index is -0.161. The van der Waals surface area contributed by atoms with Gasteiger partial charge in [-0.25, -0.2) is 4.39 Å². The molecule has 0 nitrogen and oxygen atoms in total. The molecule has 1 radical (unpaired) electrons. The molecule has 2 heteroatoms. The minimum Gasteiger partial charge on any atom is -0.207 e. The zero-order valence-electron chi connectivity index (χ0n) is 9.42. The molecular weight excluding hydrogens is 235 g/mol. The van der Waals surface area contributed by atoms with Crippen LogP contribution in [-0.4, -0.2) is 0 Å². The molecule has 0 amide bonds. The van der Waals surface area contributed by atoms with E-state index in [0.29, 0.717) is 23.4 Å². The maximum Gasteiger partial charge on any atom is 0.126 e. The van der Waals surface area contributed by atoms with Gasteiger partial charge in [0.2, 0.25) is 0 Å². The first-order valence-corrected chi connectivity index (χ1v) is 5.92. The second-order valence-corrected chi connectivity index (χ2v) is 4.35. The predicted molar refractivity (Wildman–Crippen MR) is 70.5 cm³/mol. The molecule has 2 aromatic rings. The summed E-state index contributed by atoms with van der Waals surface area (Å²) in [6, 6.07) is 12.7. The van der Waals surface area contributed by atoms with Gasteiger partial charge in [-0.15, -0.1) is 0 Å². The largest absolute Gasteiger partial charge is 0.207 e. The Kier molecular flexibility index (Phi) is 3.80. The molecule has 0 bridgehead atoms. The maximum atomic E-state index is 13.5. The second-order valence-electron chi connectivity index (χ2n) is 3.92. The fourth-order valence-corrected chi connectivity index (χ4v) is 1.90. The number of halogens is 2. The van der Waals surface area contributed by atoms with Crippen LogP contribution in [-0.2, 0) is 6.42 Å². The Hall–Kier alpha value is -1.34. The van der Waals surface area contributed by atoms with Gasteiger partial charge < -0.3 is 0 Å². The van der Waals surface area contributed by atoms with Gasteiger partial charge in [0.05, 0.1) is 0 Å². The van der Waals surface area contributed by atoms with Gasteiger partial charge in [-0.3, -0.25) is 0 Å². The molecule has 87 valence electrons. The fourth-order valence-electron chi connectivity index (χ4n) is 1.78. The van der Waals surface area contributed by atoms with Crippen molar-refractivity contribution >= 4 is 11.6 Å². The van der Waals surface area contributed by atoms with Crippen molar-refractivity contribution in [3.63, 3.8) is 0 Å². The highest BCUT2D eigenvalue weighted by atomic mass is 35.5. The summed E-state index contributed by atoms with van der Waals surface area (Å²) in [4.78, 5) is 0. The molecule has 2 aromatic carbocycles. The molecule has 0 heterocycles. The van der Waals surface area contributed by atoms with Crippen LogP contribution in [0.3, 0.4) is 0 Å². The minimum absolute atomic E-state index is 0.161. The number of hydrogen-bond donors (Lipinski definition) is 0. The van der Waals surface area contributed by atoms with Crippen molar-refractivity contribution in [2.75, 3.05) is 0 Å². The molecule has 0 saturated carbocycles. The molecule has 0 aliphatic rings.